The highest BCUT2D eigenvalue weighted by Gasteiger charge is 2.63. The van der Waals surface area contributed by atoms with E-state index in [1.807, 2.05) is 0 Å². The number of nitrogens with one attached hydrogen (secondary N) is 1. The van der Waals surface area contributed by atoms with Gasteiger partial charge in [0.2, 0.25) is 0 Å². The number of carbonyl (C=O) groups excluding carboxylic acids is 1. The first-order valence-corrected chi connectivity index (χ1v) is 6.74. The second kappa shape index (κ2) is 7.35. The van der Waals surface area contributed by atoms with Crippen LogP contribution in [0, 0.1) is 0 Å². The van der Waals surface area contributed by atoms with Crippen LogP contribution in [0.15, 0.2) is 0 Å². The van der Waals surface area contributed by atoms with Crippen molar-refractivity contribution in [1.29, 1.82) is 0 Å². The van der Waals surface area contributed by atoms with Gasteiger partial charge in [-0.05, 0) is 32.1 Å². The van der Waals surface area contributed by atoms with Crippen LogP contribution < -0.4 is 11.1 Å². The van der Waals surface area contributed by atoms with Gasteiger partial charge in [0.15, 0.2) is 0 Å². The third-order valence-corrected chi connectivity index (χ3v) is 3.32. The highest BCUT2D eigenvalue weighted by molar-refractivity contribution is 5.84. The lowest BCUT2D eigenvalue weighted by molar-refractivity contribution is -0.269. The first-order chi connectivity index (χ1) is 9.64. The Hall–Kier alpha value is -0.960. The Bertz CT molecular complexity index is 341. The Morgan fingerprint density at radius 3 is 2.24 bits per heavy atom. The zero-order chi connectivity index (χ0) is 16.1. The second-order valence-corrected chi connectivity index (χ2v) is 5.09. The fraction of sp³-hybridized carbons (Fsp3) is 0.917. The van der Waals surface area contributed by atoms with E-state index < -0.39 is 18.0 Å². The van der Waals surface area contributed by atoms with Crippen molar-refractivity contribution in [3.05, 3.63) is 0 Å². The zero-order valence-corrected chi connectivity index (χ0v) is 11.4. The normalized spacial score (nSPS) is 23.9. The average Bonchev–Trinajstić information content (AvgIpc) is 2.39. The lowest BCUT2D eigenvalue weighted by Gasteiger charge is -2.26. The van der Waals surface area contributed by atoms with Gasteiger partial charge in [0.05, 0.1) is 6.10 Å². The minimum absolute atomic E-state index is 0.0390. The minimum atomic E-state index is -5.88. The number of nitrogens with two attached hydrogens (primary N) is 1. The van der Waals surface area contributed by atoms with Gasteiger partial charge >= 0.3 is 12.1 Å². The molecule has 0 spiro atoms. The fourth-order valence-corrected chi connectivity index (χ4v) is 2.02. The third-order valence-electron chi connectivity index (χ3n) is 3.32. The van der Waals surface area contributed by atoms with Gasteiger partial charge in [-0.2, -0.15) is 22.0 Å². The molecular weight excluding hydrogens is 299 g/mol. The van der Waals surface area contributed by atoms with Crippen LogP contribution in [-0.2, 0) is 9.53 Å². The van der Waals surface area contributed by atoms with Crippen molar-refractivity contribution in [2.45, 2.75) is 56.3 Å². The van der Waals surface area contributed by atoms with Crippen molar-refractivity contribution in [3.8, 4) is 0 Å². The van der Waals surface area contributed by atoms with Crippen LogP contribution in [-0.4, -0.2) is 43.3 Å². The highest BCUT2D eigenvalue weighted by Crippen LogP contribution is 2.35. The molecule has 21 heavy (non-hydrogen) atoms. The largest absolute Gasteiger partial charge is 0.463 e. The van der Waals surface area contributed by atoms with Gasteiger partial charge in [-0.1, -0.05) is 0 Å². The van der Waals surface area contributed by atoms with E-state index in [1.54, 1.807) is 5.32 Å². The van der Waals surface area contributed by atoms with Gasteiger partial charge in [-0.15, -0.1) is 0 Å². The standard InChI is InChI=1S/C12H19F5N2O2/c13-11(14,12(15,16)17)10(20)19-6-1-7-21-9-4-2-8(18)3-5-9/h8-9H,1-7,18H2,(H,19,20). The van der Waals surface area contributed by atoms with Gasteiger partial charge < -0.3 is 15.8 Å². The van der Waals surface area contributed by atoms with Gasteiger partial charge in [-0.25, -0.2) is 0 Å². The molecule has 4 nitrogen and oxygen atoms in total. The smallest absolute Gasteiger partial charge is 0.378 e. The molecule has 1 aliphatic rings. The summed E-state index contributed by atoms with van der Waals surface area (Å²) in [5.41, 5.74) is 5.72. The summed E-state index contributed by atoms with van der Waals surface area (Å²) in [7, 11) is 0. The molecule has 0 saturated heterocycles. The van der Waals surface area contributed by atoms with Crippen molar-refractivity contribution < 1.29 is 31.5 Å². The van der Waals surface area contributed by atoms with Crippen molar-refractivity contribution >= 4 is 5.91 Å². The summed E-state index contributed by atoms with van der Waals surface area (Å²) in [4.78, 5) is 10.8. The summed E-state index contributed by atoms with van der Waals surface area (Å²) in [6, 6.07) is 0.175. The number of hydrogen-bond donors (Lipinski definition) is 2. The van der Waals surface area contributed by atoms with E-state index >= 15 is 0 Å². The lowest BCUT2D eigenvalue weighted by atomic mass is 9.94. The Kier molecular flexibility index (Phi) is 6.33. The number of rotatable bonds is 6. The molecule has 0 bridgehead atoms. The van der Waals surface area contributed by atoms with E-state index in [9.17, 15) is 26.7 Å². The topological polar surface area (TPSA) is 64.3 Å². The van der Waals surface area contributed by atoms with Crippen LogP contribution in [0.2, 0.25) is 0 Å². The van der Waals surface area contributed by atoms with Crippen LogP contribution in [0.4, 0.5) is 22.0 Å². The number of ether oxygens (including phenoxy) is 1. The molecule has 1 rings (SSSR count). The molecule has 0 aromatic carbocycles. The average molecular weight is 318 g/mol. The van der Waals surface area contributed by atoms with Gasteiger partial charge in [-0.3, -0.25) is 4.79 Å². The molecule has 0 aromatic heterocycles. The Morgan fingerprint density at radius 1 is 1.14 bits per heavy atom. The molecule has 0 heterocycles. The Morgan fingerprint density at radius 2 is 1.71 bits per heavy atom. The number of amides is 1. The molecule has 1 aliphatic carbocycles. The molecule has 0 aromatic rings. The van der Waals surface area contributed by atoms with Crippen LogP contribution in [0.1, 0.15) is 32.1 Å². The summed E-state index contributed by atoms with van der Waals surface area (Å²) in [6.07, 6.45) is -2.37. The number of halogens is 5. The summed E-state index contributed by atoms with van der Waals surface area (Å²) in [5.74, 6) is -7.70. The number of alkyl halides is 5. The van der Waals surface area contributed by atoms with E-state index in [0.29, 0.717) is 0 Å². The molecule has 0 unspecified atom stereocenters. The molecule has 1 amide bonds. The molecule has 0 atom stereocenters. The zero-order valence-electron chi connectivity index (χ0n) is 11.4. The molecule has 1 fully saturated rings. The van der Waals surface area contributed by atoms with E-state index in [1.165, 1.54) is 0 Å². The van der Waals surface area contributed by atoms with Crippen LogP contribution >= 0.6 is 0 Å². The van der Waals surface area contributed by atoms with Crippen LogP contribution in [0.5, 0.6) is 0 Å². The predicted octanol–water partition coefficient (Wildman–Crippen LogP) is 1.98. The van der Waals surface area contributed by atoms with Crippen molar-refractivity contribution in [2.75, 3.05) is 13.2 Å². The highest BCUT2D eigenvalue weighted by atomic mass is 19.4. The Balaban J connectivity index is 2.15. The second-order valence-electron chi connectivity index (χ2n) is 5.09. The molecule has 124 valence electrons. The minimum Gasteiger partial charge on any atom is -0.378 e. The summed E-state index contributed by atoms with van der Waals surface area (Å²) in [5, 5.41) is 1.57. The van der Waals surface area contributed by atoms with E-state index in [4.69, 9.17) is 10.5 Å². The van der Waals surface area contributed by atoms with Crippen LogP contribution in [0.25, 0.3) is 0 Å². The maximum absolute atomic E-state index is 12.6. The van der Waals surface area contributed by atoms with Crippen molar-refractivity contribution in [3.63, 3.8) is 0 Å². The summed E-state index contributed by atoms with van der Waals surface area (Å²) in [6.45, 7) is -0.103. The molecule has 0 radical (unpaired) electrons. The van der Waals surface area contributed by atoms with Crippen molar-refractivity contribution in [2.24, 2.45) is 5.73 Å². The third kappa shape index (κ3) is 5.39. The number of hydrogen-bond acceptors (Lipinski definition) is 3. The van der Waals surface area contributed by atoms with Crippen molar-refractivity contribution in [1.82, 2.24) is 5.32 Å². The first kappa shape index (κ1) is 18.1. The molecular formula is C12H19F5N2O2. The SMILES string of the molecule is NC1CCC(OCCCNC(=O)C(F)(F)C(F)(F)F)CC1. The maximum atomic E-state index is 12.6. The molecule has 1 saturated carbocycles. The van der Waals surface area contributed by atoms with Gasteiger partial charge in [0.1, 0.15) is 0 Å². The van der Waals surface area contributed by atoms with Gasteiger partial charge in [0, 0.05) is 19.2 Å². The fourth-order valence-electron chi connectivity index (χ4n) is 2.02. The molecule has 3 N–H and O–H groups in total. The van der Waals surface area contributed by atoms with E-state index in [0.717, 1.165) is 25.7 Å². The monoisotopic (exact) mass is 318 g/mol. The molecule has 9 heteroatoms. The van der Waals surface area contributed by atoms with E-state index in [2.05, 4.69) is 0 Å². The quantitative estimate of drug-likeness (QED) is 0.581. The van der Waals surface area contributed by atoms with Crippen LogP contribution in [0.3, 0.4) is 0 Å². The first-order valence-electron chi connectivity index (χ1n) is 6.74. The summed E-state index contributed by atoms with van der Waals surface area (Å²) >= 11 is 0. The van der Waals surface area contributed by atoms with Gasteiger partial charge in [0.25, 0.3) is 5.91 Å². The Labute approximate surface area is 119 Å². The predicted molar refractivity (Wildman–Crippen MR) is 64.8 cm³/mol. The van der Waals surface area contributed by atoms with E-state index in [-0.39, 0.29) is 31.7 Å². The lowest BCUT2D eigenvalue weighted by Crippen LogP contribution is -2.50. The maximum Gasteiger partial charge on any atom is 0.463 e. The summed E-state index contributed by atoms with van der Waals surface area (Å²) < 4.78 is 66.3. The molecule has 0 aliphatic heterocycles. The number of carbonyl (C=O) groups is 1.